The van der Waals surface area contributed by atoms with E-state index in [2.05, 4.69) is 74.7 Å². The molecule has 2 rings (SSSR count). The Morgan fingerprint density at radius 3 is 2.48 bits per heavy atom. The van der Waals surface area contributed by atoms with E-state index >= 15 is 0 Å². The molecule has 0 aromatic carbocycles. The SMILES string of the molecule is CN(C)C(CNCc1ccc(C(C)(C)C)s1)c1cccs1. The molecule has 1 N–H and O–H groups in total. The highest BCUT2D eigenvalue weighted by molar-refractivity contribution is 7.12. The topological polar surface area (TPSA) is 15.3 Å². The second-order valence-corrected chi connectivity index (χ2v) is 8.79. The summed E-state index contributed by atoms with van der Waals surface area (Å²) in [6, 6.07) is 9.33. The van der Waals surface area contributed by atoms with Crippen molar-refractivity contribution in [1.29, 1.82) is 0 Å². The fourth-order valence-corrected chi connectivity index (χ4v) is 4.18. The zero-order valence-corrected chi connectivity index (χ0v) is 15.3. The van der Waals surface area contributed by atoms with Gasteiger partial charge in [-0.3, -0.25) is 0 Å². The Morgan fingerprint density at radius 1 is 1.19 bits per heavy atom. The van der Waals surface area contributed by atoms with Gasteiger partial charge in [0.2, 0.25) is 0 Å². The fraction of sp³-hybridized carbons (Fsp3) is 0.529. The molecule has 0 amide bonds. The Hall–Kier alpha value is -0.680. The number of hydrogen-bond donors (Lipinski definition) is 1. The maximum absolute atomic E-state index is 3.61. The van der Waals surface area contributed by atoms with Crippen molar-refractivity contribution in [1.82, 2.24) is 10.2 Å². The minimum Gasteiger partial charge on any atom is -0.310 e. The van der Waals surface area contributed by atoms with Crippen molar-refractivity contribution < 1.29 is 0 Å². The van der Waals surface area contributed by atoms with E-state index in [4.69, 9.17) is 0 Å². The number of hydrogen-bond acceptors (Lipinski definition) is 4. The third kappa shape index (κ3) is 4.65. The molecule has 2 heterocycles. The first-order valence-electron chi connectivity index (χ1n) is 7.37. The van der Waals surface area contributed by atoms with Gasteiger partial charge in [-0.1, -0.05) is 26.8 Å². The third-order valence-electron chi connectivity index (χ3n) is 3.53. The lowest BCUT2D eigenvalue weighted by Crippen LogP contribution is -2.30. The second-order valence-electron chi connectivity index (χ2n) is 6.64. The van der Waals surface area contributed by atoms with Crippen molar-refractivity contribution in [3.8, 4) is 0 Å². The molecule has 2 nitrogen and oxygen atoms in total. The maximum Gasteiger partial charge on any atom is 0.0561 e. The van der Waals surface area contributed by atoms with Crippen LogP contribution >= 0.6 is 22.7 Å². The monoisotopic (exact) mass is 322 g/mol. The van der Waals surface area contributed by atoms with Crippen LogP contribution in [0.4, 0.5) is 0 Å². The molecular formula is C17H26N2S2. The molecule has 0 aliphatic heterocycles. The van der Waals surface area contributed by atoms with Gasteiger partial charge in [-0.25, -0.2) is 0 Å². The normalized spacial score (nSPS) is 13.8. The minimum absolute atomic E-state index is 0.256. The first kappa shape index (κ1) is 16.7. The predicted molar refractivity (Wildman–Crippen MR) is 95.5 cm³/mol. The minimum atomic E-state index is 0.256. The standard InChI is InChI=1S/C17H26N2S2/c1-17(2,3)16-9-8-13(21-16)11-18-12-14(19(4)5)15-7-6-10-20-15/h6-10,14,18H,11-12H2,1-5H3. The highest BCUT2D eigenvalue weighted by atomic mass is 32.1. The van der Waals surface area contributed by atoms with Crippen molar-refractivity contribution in [2.75, 3.05) is 20.6 Å². The second kappa shape index (κ2) is 7.05. The number of thiophene rings is 2. The smallest absolute Gasteiger partial charge is 0.0561 e. The van der Waals surface area contributed by atoms with Crippen LogP contribution in [0.5, 0.6) is 0 Å². The molecule has 0 aliphatic carbocycles. The molecule has 0 bridgehead atoms. The average Bonchev–Trinajstić information content (AvgIpc) is 3.04. The quantitative estimate of drug-likeness (QED) is 0.842. The van der Waals surface area contributed by atoms with E-state index in [1.807, 2.05) is 22.7 Å². The van der Waals surface area contributed by atoms with Crippen molar-refractivity contribution >= 4 is 22.7 Å². The van der Waals surface area contributed by atoms with E-state index in [0.29, 0.717) is 6.04 Å². The summed E-state index contributed by atoms with van der Waals surface area (Å²) >= 11 is 3.76. The number of nitrogens with zero attached hydrogens (tertiary/aromatic N) is 1. The highest BCUT2D eigenvalue weighted by Crippen LogP contribution is 2.29. The molecule has 0 spiro atoms. The van der Waals surface area contributed by atoms with Crippen LogP contribution in [0.3, 0.4) is 0 Å². The molecule has 4 heteroatoms. The van der Waals surface area contributed by atoms with Gasteiger partial charge in [0, 0.05) is 27.7 Å². The van der Waals surface area contributed by atoms with Crippen LogP contribution < -0.4 is 5.32 Å². The largest absolute Gasteiger partial charge is 0.310 e. The number of likely N-dealkylation sites (N-methyl/N-ethyl adjacent to an activating group) is 1. The summed E-state index contributed by atoms with van der Waals surface area (Å²) in [5.41, 5.74) is 0.256. The lowest BCUT2D eigenvalue weighted by Gasteiger charge is -2.23. The predicted octanol–water partition coefficient (Wildman–Crippen LogP) is 4.50. The van der Waals surface area contributed by atoms with Gasteiger partial charge in [-0.05, 0) is 43.1 Å². The molecule has 2 aromatic heterocycles. The molecule has 0 fully saturated rings. The Kier molecular flexibility index (Phi) is 5.60. The summed E-state index contributed by atoms with van der Waals surface area (Å²) in [4.78, 5) is 6.59. The lowest BCUT2D eigenvalue weighted by molar-refractivity contribution is 0.292. The van der Waals surface area contributed by atoms with Crippen LogP contribution in [0.2, 0.25) is 0 Å². The first-order valence-corrected chi connectivity index (χ1v) is 9.07. The van der Waals surface area contributed by atoms with E-state index in [1.165, 1.54) is 14.6 Å². The van der Waals surface area contributed by atoms with Crippen LogP contribution in [-0.2, 0) is 12.0 Å². The van der Waals surface area contributed by atoms with Crippen LogP contribution in [0.1, 0.15) is 41.4 Å². The first-order chi connectivity index (χ1) is 9.88. The van der Waals surface area contributed by atoms with Crippen molar-refractivity contribution in [2.24, 2.45) is 0 Å². The van der Waals surface area contributed by atoms with Crippen molar-refractivity contribution in [2.45, 2.75) is 38.8 Å². The van der Waals surface area contributed by atoms with Gasteiger partial charge in [0.15, 0.2) is 0 Å². The molecule has 0 saturated carbocycles. The van der Waals surface area contributed by atoms with Crippen molar-refractivity contribution in [3.63, 3.8) is 0 Å². The van der Waals surface area contributed by atoms with Crippen molar-refractivity contribution in [3.05, 3.63) is 44.3 Å². The van der Waals surface area contributed by atoms with Gasteiger partial charge in [0.25, 0.3) is 0 Å². The van der Waals surface area contributed by atoms with E-state index < -0.39 is 0 Å². The van der Waals surface area contributed by atoms with Gasteiger partial charge in [0.1, 0.15) is 0 Å². The summed E-state index contributed by atoms with van der Waals surface area (Å²) < 4.78 is 0. The van der Waals surface area contributed by atoms with E-state index in [-0.39, 0.29) is 5.41 Å². The van der Waals surface area contributed by atoms with Gasteiger partial charge >= 0.3 is 0 Å². The molecule has 1 unspecified atom stereocenters. The molecule has 2 aromatic rings. The molecule has 1 atom stereocenters. The summed E-state index contributed by atoms with van der Waals surface area (Å²) in [6.07, 6.45) is 0. The van der Waals surface area contributed by atoms with Gasteiger partial charge in [-0.15, -0.1) is 22.7 Å². The molecule has 0 saturated heterocycles. The van der Waals surface area contributed by atoms with Crippen LogP contribution in [-0.4, -0.2) is 25.5 Å². The van der Waals surface area contributed by atoms with Gasteiger partial charge < -0.3 is 10.2 Å². The average molecular weight is 323 g/mol. The lowest BCUT2D eigenvalue weighted by atomic mass is 9.95. The van der Waals surface area contributed by atoms with E-state index in [9.17, 15) is 0 Å². The zero-order chi connectivity index (χ0) is 15.5. The van der Waals surface area contributed by atoms with Crippen LogP contribution in [0, 0.1) is 0 Å². The third-order valence-corrected chi connectivity index (χ3v) is 6.02. The highest BCUT2D eigenvalue weighted by Gasteiger charge is 2.17. The zero-order valence-electron chi connectivity index (χ0n) is 13.6. The Balaban J connectivity index is 1.90. The number of rotatable bonds is 6. The molecule has 21 heavy (non-hydrogen) atoms. The maximum atomic E-state index is 3.61. The summed E-state index contributed by atoms with van der Waals surface area (Å²) in [5, 5.41) is 5.77. The molecule has 116 valence electrons. The summed E-state index contributed by atoms with van der Waals surface area (Å²) in [6.45, 7) is 8.76. The summed E-state index contributed by atoms with van der Waals surface area (Å²) in [7, 11) is 4.30. The van der Waals surface area contributed by atoms with Gasteiger partial charge in [0.05, 0.1) is 6.04 Å². The molecule has 0 aliphatic rings. The van der Waals surface area contributed by atoms with Crippen LogP contribution in [0.15, 0.2) is 29.6 Å². The fourth-order valence-electron chi connectivity index (χ4n) is 2.23. The summed E-state index contributed by atoms with van der Waals surface area (Å²) in [5.74, 6) is 0. The van der Waals surface area contributed by atoms with Crippen LogP contribution in [0.25, 0.3) is 0 Å². The van der Waals surface area contributed by atoms with E-state index in [0.717, 1.165) is 13.1 Å². The van der Waals surface area contributed by atoms with Gasteiger partial charge in [-0.2, -0.15) is 0 Å². The Bertz CT molecular complexity index is 535. The van der Waals surface area contributed by atoms with E-state index in [1.54, 1.807) is 0 Å². The molecular weight excluding hydrogens is 296 g/mol. The Morgan fingerprint density at radius 2 is 1.95 bits per heavy atom. The number of nitrogens with one attached hydrogen (secondary N) is 1. The molecule has 0 radical (unpaired) electrons. The Labute approximate surface area is 136 Å².